The van der Waals surface area contributed by atoms with E-state index in [9.17, 15) is 4.79 Å². The van der Waals surface area contributed by atoms with Crippen LogP contribution in [0.3, 0.4) is 0 Å². The molecule has 2 N–H and O–H groups in total. The van der Waals surface area contributed by atoms with Gasteiger partial charge >= 0.3 is 0 Å². The summed E-state index contributed by atoms with van der Waals surface area (Å²) in [5.74, 6) is -0.0549. The van der Waals surface area contributed by atoms with Gasteiger partial charge in [-0.2, -0.15) is 0 Å². The largest absolute Gasteiger partial charge is 0.385 e. The zero-order valence-electron chi connectivity index (χ0n) is 10.1. The van der Waals surface area contributed by atoms with Crippen molar-refractivity contribution in [3.05, 3.63) is 26.8 Å². The van der Waals surface area contributed by atoms with Crippen molar-refractivity contribution >= 4 is 45.8 Å². The molecule has 0 aromatic heterocycles. The van der Waals surface area contributed by atoms with Crippen LogP contribution in [0.5, 0.6) is 0 Å². The molecule has 0 atom stereocenters. The van der Waals surface area contributed by atoms with Crippen LogP contribution in [0.25, 0.3) is 0 Å². The highest BCUT2D eigenvalue weighted by Gasteiger charge is 2.03. The highest BCUT2D eigenvalue weighted by atomic mass is 127. The van der Waals surface area contributed by atoms with Gasteiger partial charge in [-0.15, -0.1) is 0 Å². The lowest BCUT2D eigenvalue weighted by atomic mass is 10.3. The smallest absolute Gasteiger partial charge is 0.239 e. The molecule has 0 radical (unpaired) electrons. The average molecular weight is 383 g/mol. The summed E-state index contributed by atoms with van der Waals surface area (Å²) in [6.45, 7) is 1.48. The van der Waals surface area contributed by atoms with Crippen molar-refractivity contribution < 1.29 is 9.53 Å². The molecular weight excluding hydrogens is 367 g/mol. The maximum atomic E-state index is 11.5. The van der Waals surface area contributed by atoms with E-state index in [1.54, 1.807) is 7.11 Å². The standard InChI is InChI=1S/C12H16ClIN2O2/c1-18-6-2-5-15-12(17)8-16-11-4-3-9(14)7-10(11)13/h3-4,7,16H,2,5-6,8H2,1H3,(H,15,17). The number of ether oxygens (including phenoxy) is 1. The molecule has 0 unspecified atom stereocenters. The minimum Gasteiger partial charge on any atom is -0.385 e. The molecule has 0 spiro atoms. The molecule has 0 aliphatic carbocycles. The van der Waals surface area contributed by atoms with Gasteiger partial charge in [0.05, 0.1) is 17.3 Å². The van der Waals surface area contributed by atoms with Crippen LogP contribution < -0.4 is 10.6 Å². The lowest BCUT2D eigenvalue weighted by Gasteiger charge is -2.09. The van der Waals surface area contributed by atoms with E-state index in [4.69, 9.17) is 16.3 Å². The summed E-state index contributed by atoms with van der Waals surface area (Å²) >= 11 is 8.23. The highest BCUT2D eigenvalue weighted by Crippen LogP contribution is 2.23. The molecule has 4 nitrogen and oxygen atoms in total. The summed E-state index contributed by atoms with van der Waals surface area (Å²) in [6, 6.07) is 5.65. The zero-order chi connectivity index (χ0) is 13.4. The second kappa shape index (κ2) is 8.55. The Labute approximate surface area is 126 Å². The Kier molecular flexibility index (Phi) is 7.38. The number of benzene rings is 1. The van der Waals surface area contributed by atoms with Gasteiger partial charge in [-0.3, -0.25) is 4.79 Å². The number of nitrogens with one attached hydrogen (secondary N) is 2. The normalized spacial score (nSPS) is 10.2. The number of halogens is 2. The van der Waals surface area contributed by atoms with E-state index in [1.165, 1.54) is 0 Å². The lowest BCUT2D eigenvalue weighted by molar-refractivity contribution is -0.119. The maximum Gasteiger partial charge on any atom is 0.239 e. The summed E-state index contributed by atoms with van der Waals surface area (Å²) in [5.41, 5.74) is 0.768. The molecule has 1 aromatic carbocycles. The van der Waals surface area contributed by atoms with Crippen molar-refractivity contribution in [2.24, 2.45) is 0 Å². The van der Waals surface area contributed by atoms with Crippen molar-refractivity contribution in [2.45, 2.75) is 6.42 Å². The molecule has 0 heterocycles. The van der Waals surface area contributed by atoms with E-state index in [-0.39, 0.29) is 12.5 Å². The fourth-order valence-corrected chi connectivity index (χ4v) is 2.24. The third-order valence-corrected chi connectivity index (χ3v) is 3.20. The van der Waals surface area contributed by atoms with Crippen molar-refractivity contribution in [3.63, 3.8) is 0 Å². The van der Waals surface area contributed by atoms with Crippen LogP contribution in [-0.4, -0.2) is 32.7 Å². The third kappa shape index (κ3) is 5.88. The first kappa shape index (κ1) is 15.5. The Morgan fingerprint density at radius 3 is 2.94 bits per heavy atom. The van der Waals surface area contributed by atoms with E-state index in [2.05, 4.69) is 33.2 Å². The number of carbonyl (C=O) groups excluding carboxylic acids is 1. The SMILES string of the molecule is COCCCNC(=O)CNc1ccc(I)cc1Cl. The Balaban J connectivity index is 2.29. The molecule has 0 bridgehead atoms. The van der Waals surface area contributed by atoms with E-state index >= 15 is 0 Å². The van der Waals surface area contributed by atoms with Crippen LogP contribution in [0.15, 0.2) is 18.2 Å². The third-order valence-electron chi connectivity index (χ3n) is 2.22. The Morgan fingerprint density at radius 1 is 1.50 bits per heavy atom. The Hall–Kier alpha value is -0.530. The van der Waals surface area contributed by atoms with Crippen LogP contribution in [0.2, 0.25) is 5.02 Å². The Morgan fingerprint density at radius 2 is 2.28 bits per heavy atom. The molecule has 0 saturated carbocycles. The molecule has 100 valence electrons. The average Bonchev–Trinajstić information content (AvgIpc) is 2.33. The molecule has 0 aliphatic rings. The molecule has 0 saturated heterocycles. The number of anilines is 1. The number of methoxy groups -OCH3 is 1. The first-order valence-electron chi connectivity index (χ1n) is 5.58. The number of hydrogen-bond donors (Lipinski definition) is 2. The van der Waals surface area contributed by atoms with Gasteiger partial charge in [-0.05, 0) is 47.2 Å². The first-order valence-corrected chi connectivity index (χ1v) is 7.03. The minimum absolute atomic E-state index is 0.0549. The maximum absolute atomic E-state index is 11.5. The monoisotopic (exact) mass is 382 g/mol. The molecule has 1 aromatic rings. The number of amides is 1. The summed E-state index contributed by atoms with van der Waals surface area (Å²) < 4.78 is 5.96. The van der Waals surface area contributed by atoms with Gasteiger partial charge in [0, 0.05) is 23.8 Å². The van der Waals surface area contributed by atoms with Crippen LogP contribution in [0.1, 0.15) is 6.42 Å². The quantitative estimate of drug-likeness (QED) is 0.563. The van der Waals surface area contributed by atoms with Crippen molar-refractivity contribution in [3.8, 4) is 0 Å². The van der Waals surface area contributed by atoms with Crippen molar-refractivity contribution in [1.82, 2.24) is 5.32 Å². The molecule has 0 fully saturated rings. The van der Waals surface area contributed by atoms with E-state index in [0.29, 0.717) is 18.2 Å². The summed E-state index contributed by atoms with van der Waals surface area (Å²) in [7, 11) is 1.64. The molecule has 1 rings (SSSR count). The van der Waals surface area contributed by atoms with E-state index in [1.807, 2.05) is 18.2 Å². The van der Waals surface area contributed by atoms with Crippen LogP contribution in [0.4, 0.5) is 5.69 Å². The highest BCUT2D eigenvalue weighted by molar-refractivity contribution is 14.1. The number of carbonyl (C=O) groups is 1. The van der Waals surface area contributed by atoms with Crippen molar-refractivity contribution in [1.29, 1.82) is 0 Å². The van der Waals surface area contributed by atoms with Gasteiger partial charge in [0.1, 0.15) is 0 Å². The van der Waals surface area contributed by atoms with Crippen molar-refractivity contribution in [2.75, 3.05) is 32.1 Å². The van der Waals surface area contributed by atoms with Gasteiger partial charge in [0.15, 0.2) is 0 Å². The number of hydrogen-bond acceptors (Lipinski definition) is 3. The second-order valence-corrected chi connectivity index (χ2v) is 5.33. The molecular formula is C12H16ClIN2O2. The fourth-order valence-electron chi connectivity index (χ4n) is 1.32. The summed E-state index contributed by atoms with van der Waals surface area (Å²) in [5, 5.41) is 6.41. The molecule has 6 heteroatoms. The molecule has 1 amide bonds. The minimum atomic E-state index is -0.0549. The van der Waals surface area contributed by atoms with E-state index in [0.717, 1.165) is 15.7 Å². The number of rotatable bonds is 7. The summed E-state index contributed by atoms with van der Waals surface area (Å²) in [6.07, 6.45) is 0.812. The van der Waals surface area contributed by atoms with Gasteiger partial charge in [0.2, 0.25) is 5.91 Å². The van der Waals surface area contributed by atoms with Gasteiger partial charge < -0.3 is 15.4 Å². The zero-order valence-corrected chi connectivity index (χ0v) is 13.0. The topological polar surface area (TPSA) is 50.4 Å². The van der Waals surface area contributed by atoms with Gasteiger partial charge in [-0.1, -0.05) is 11.6 Å². The summed E-state index contributed by atoms with van der Waals surface area (Å²) in [4.78, 5) is 11.5. The van der Waals surface area contributed by atoms with Crippen LogP contribution >= 0.6 is 34.2 Å². The molecule has 0 aliphatic heterocycles. The Bertz CT molecular complexity index is 402. The predicted octanol–water partition coefficient (Wildman–Crippen LogP) is 2.51. The van der Waals surface area contributed by atoms with Crippen LogP contribution in [0, 0.1) is 3.57 Å². The lowest BCUT2D eigenvalue weighted by Crippen LogP contribution is -2.31. The fraction of sp³-hybridized carbons (Fsp3) is 0.417. The van der Waals surface area contributed by atoms with Gasteiger partial charge in [0.25, 0.3) is 0 Å². The van der Waals surface area contributed by atoms with E-state index < -0.39 is 0 Å². The molecule has 18 heavy (non-hydrogen) atoms. The van der Waals surface area contributed by atoms with Crippen LogP contribution in [-0.2, 0) is 9.53 Å². The first-order chi connectivity index (χ1) is 8.63. The van der Waals surface area contributed by atoms with Gasteiger partial charge in [-0.25, -0.2) is 0 Å². The predicted molar refractivity (Wildman–Crippen MR) is 82.2 cm³/mol. The second-order valence-electron chi connectivity index (χ2n) is 3.67.